The molecule has 0 spiro atoms. The highest BCUT2D eigenvalue weighted by Gasteiger charge is 2.44. The lowest BCUT2D eigenvalue weighted by Gasteiger charge is -2.41. The van der Waals surface area contributed by atoms with E-state index in [-0.39, 0.29) is 29.3 Å². The summed E-state index contributed by atoms with van der Waals surface area (Å²) in [4.78, 5) is 0. The molecule has 1 saturated heterocycles. The molecule has 4 rings (SSSR count). The molecule has 0 bridgehead atoms. The third-order valence-electron chi connectivity index (χ3n) is 6.79. The summed E-state index contributed by atoms with van der Waals surface area (Å²) in [6, 6.07) is 7.61. The molecule has 1 N–H and O–H groups in total. The molecule has 9 heteroatoms. The van der Waals surface area contributed by atoms with Crippen LogP contribution >= 0.6 is 0 Å². The van der Waals surface area contributed by atoms with Crippen LogP contribution in [0.1, 0.15) is 54.0 Å². The summed E-state index contributed by atoms with van der Waals surface area (Å²) < 4.78 is 99.3. The van der Waals surface area contributed by atoms with E-state index in [9.17, 15) is 30.7 Å². The van der Waals surface area contributed by atoms with Crippen molar-refractivity contribution in [3.8, 4) is 0 Å². The molecule has 0 unspecified atom stereocenters. The Balaban J connectivity index is 1.65. The van der Waals surface area contributed by atoms with E-state index in [1.54, 1.807) is 12.1 Å². The fourth-order valence-corrected chi connectivity index (χ4v) is 5.18. The van der Waals surface area contributed by atoms with Crippen molar-refractivity contribution in [3.63, 3.8) is 0 Å². The average molecular weight is 475 g/mol. The molecule has 2 aromatic rings. The Morgan fingerprint density at radius 3 is 2.06 bits per heavy atom. The van der Waals surface area contributed by atoms with Crippen LogP contribution in [0.5, 0.6) is 0 Å². The number of rotatable bonds is 4. The van der Waals surface area contributed by atoms with Crippen molar-refractivity contribution in [2.75, 3.05) is 13.1 Å². The lowest BCUT2D eigenvalue weighted by atomic mass is 9.69. The van der Waals surface area contributed by atoms with E-state index < -0.39 is 35.7 Å². The van der Waals surface area contributed by atoms with Crippen molar-refractivity contribution in [2.45, 2.75) is 50.2 Å². The molecule has 2 aromatic carbocycles. The predicted molar refractivity (Wildman–Crippen MR) is 108 cm³/mol. The fourth-order valence-electron chi connectivity index (χ4n) is 5.18. The number of ether oxygens (including phenoxy) is 1. The molecular formula is C24H24F7NO. The van der Waals surface area contributed by atoms with Crippen LogP contribution in [0, 0.1) is 17.7 Å². The molecule has 2 nitrogen and oxygen atoms in total. The molecule has 1 heterocycles. The highest BCUT2D eigenvalue weighted by Crippen LogP contribution is 2.46. The standard InChI is InChI=1S/C24H24F7NO/c1-13(16-8-17(23(26,27)28)10-18(9-16)24(29,30)31)33-21-7-4-15-11-32-12-20(15)22(21)14-2-5-19(25)6-3-14/h2-3,5-6,8-10,13,15,20-22,32H,4,7,11-12H2,1H3/t13-,15-,20+,21-,22-/m1/s1. The zero-order chi connectivity index (χ0) is 24.0. The van der Waals surface area contributed by atoms with Crippen molar-refractivity contribution < 1.29 is 35.5 Å². The maximum absolute atomic E-state index is 13.5. The Kier molecular flexibility index (Phi) is 6.48. The zero-order valence-corrected chi connectivity index (χ0v) is 17.8. The van der Waals surface area contributed by atoms with Crippen LogP contribution < -0.4 is 5.32 Å². The molecule has 1 saturated carbocycles. The van der Waals surface area contributed by atoms with Crippen molar-refractivity contribution in [2.24, 2.45) is 11.8 Å². The number of fused-ring (bicyclic) bond motifs is 1. The van der Waals surface area contributed by atoms with E-state index in [0.717, 1.165) is 37.2 Å². The molecule has 33 heavy (non-hydrogen) atoms. The molecule has 1 aliphatic carbocycles. The molecule has 0 amide bonds. The topological polar surface area (TPSA) is 21.3 Å². The van der Waals surface area contributed by atoms with Gasteiger partial charge in [0.15, 0.2) is 0 Å². The predicted octanol–water partition coefficient (Wildman–Crippen LogP) is 6.72. The smallest absolute Gasteiger partial charge is 0.370 e. The first-order valence-corrected chi connectivity index (χ1v) is 10.8. The second kappa shape index (κ2) is 8.91. The average Bonchev–Trinajstić information content (AvgIpc) is 3.21. The van der Waals surface area contributed by atoms with Crippen LogP contribution in [-0.2, 0) is 17.1 Å². The first-order valence-electron chi connectivity index (χ1n) is 10.8. The van der Waals surface area contributed by atoms with Gasteiger partial charge in [0.25, 0.3) is 0 Å². The maximum atomic E-state index is 13.5. The van der Waals surface area contributed by atoms with E-state index in [1.807, 2.05) is 0 Å². The van der Waals surface area contributed by atoms with Crippen molar-refractivity contribution in [1.29, 1.82) is 0 Å². The Hall–Kier alpha value is -2.13. The van der Waals surface area contributed by atoms with Crippen LogP contribution in [0.25, 0.3) is 0 Å². The van der Waals surface area contributed by atoms with Gasteiger partial charge in [-0.3, -0.25) is 0 Å². The number of alkyl halides is 6. The van der Waals surface area contributed by atoms with Crippen LogP contribution in [0.3, 0.4) is 0 Å². The van der Waals surface area contributed by atoms with Gasteiger partial charge >= 0.3 is 12.4 Å². The summed E-state index contributed by atoms with van der Waals surface area (Å²) in [5.74, 6) is 0.0501. The van der Waals surface area contributed by atoms with Gasteiger partial charge in [-0.05, 0) is 86.1 Å². The molecule has 0 radical (unpaired) electrons. The number of halogens is 7. The molecule has 0 aromatic heterocycles. The Morgan fingerprint density at radius 1 is 0.879 bits per heavy atom. The summed E-state index contributed by atoms with van der Waals surface area (Å²) in [6.45, 7) is 3.03. The highest BCUT2D eigenvalue weighted by molar-refractivity contribution is 5.35. The number of benzene rings is 2. The van der Waals surface area contributed by atoms with Gasteiger partial charge in [-0.2, -0.15) is 26.3 Å². The first kappa shape index (κ1) is 24.0. The molecule has 5 atom stereocenters. The Bertz CT molecular complexity index is 938. The van der Waals surface area contributed by atoms with E-state index in [0.29, 0.717) is 12.3 Å². The second-order valence-electron chi connectivity index (χ2n) is 8.89. The second-order valence-corrected chi connectivity index (χ2v) is 8.89. The van der Waals surface area contributed by atoms with Crippen LogP contribution in [-0.4, -0.2) is 19.2 Å². The van der Waals surface area contributed by atoms with E-state index in [4.69, 9.17) is 4.74 Å². The van der Waals surface area contributed by atoms with Gasteiger partial charge in [0.2, 0.25) is 0 Å². The van der Waals surface area contributed by atoms with Gasteiger partial charge in [0.05, 0.1) is 23.3 Å². The van der Waals surface area contributed by atoms with E-state index >= 15 is 0 Å². The molecule has 180 valence electrons. The quantitative estimate of drug-likeness (QED) is 0.496. The summed E-state index contributed by atoms with van der Waals surface area (Å²) in [7, 11) is 0. The minimum atomic E-state index is -4.92. The molecule has 1 aliphatic heterocycles. The largest absolute Gasteiger partial charge is 0.416 e. The lowest BCUT2D eigenvalue weighted by molar-refractivity contribution is -0.143. The molecular weight excluding hydrogens is 451 g/mol. The van der Waals surface area contributed by atoms with Crippen LogP contribution in [0.4, 0.5) is 30.7 Å². The number of hydrogen-bond donors (Lipinski definition) is 1. The van der Waals surface area contributed by atoms with Crippen molar-refractivity contribution in [3.05, 3.63) is 70.5 Å². The van der Waals surface area contributed by atoms with Crippen molar-refractivity contribution >= 4 is 0 Å². The summed E-state index contributed by atoms with van der Waals surface area (Å²) in [5.41, 5.74) is -2.04. The van der Waals surface area contributed by atoms with E-state index in [1.165, 1.54) is 19.1 Å². The summed E-state index contributed by atoms with van der Waals surface area (Å²) in [5, 5.41) is 3.35. The first-order chi connectivity index (χ1) is 15.4. The van der Waals surface area contributed by atoms with Crippen LogP contribution in [0.15, 0.2) is 42.5 Å². The van der Waals surface area contributed by atoms with Gasteiger partial charge in [-0.15, -0.1) is 0 Å². The highest BCUT2D eigenvalue weighted by atomic mass is 19.4. The fraction of sp³-hybridized carbons (Fsp3) is 0.500. The van der Waals surface area contributed by atoms with E-state index in [2.05, 4.69) is 5.32 Å². The van der Waals surface area contributed by atoms with Gasteiger partial charge in [0.1, 0.15) is 5.82 Å². The maximum Gasteiger partial charge on any atom is 0.416 e. The Labute approximate surface area is 187 Å². The minimum Gasteiger partial charge on any atom is -0.370 e. The summed E-state index contributed by atoms with van der Waals surface area (Å²) in [6.07, 6.45) is -9.80. The SMILES string of the molecule is C[C@@H](O[C@@H]1CC[C@@H]2CNC[C@@H]2[C@H]1c1ccc(F)cc1)c1cc(C(F)(F)F)cc(C(F)(F)F)c1. The van der Waals surface area contributed by atoms with Crippen LogP contribution in [0.2, 0.25) is 0 Å². The van der Waals surface area contributed by atoms with Gasteiger partial charge in [-0.25, -0.2) is 4.39 Å². The molecule has 2 fully saturated rings. The molecule has 2 aliphatic rings. The van der Waals surface area contributed by atoms with Crippen molar-refractivity contribution in [1.82, 2.24) is 5.32 Å². The number of hydrogen-bond acceptors (Lipinski definition) is 2. The normalized spacial score (nSPS) is 26.8. The van der Waals surface area contributed by atoms with Gasteiger partial charge < -0.3 is 10.1 Å². The van der Waals surface area contributed by atoms with Gasteiger partial charge in [-0.1, -0.05) is 12.1 Å². The Morgan fingerprint density at radius 2 is 1.48 bits per heavy atom. The third-order valence-corrected chi connectivity index (χ3v) is 6.79. The monoisotopic (exact) mass is 475 g/mol. The number of nitrogens with one attached hydrogen (secondary N) is 1. The zero-order valence-electron chi connectivity index (χ0n) is 17.8. The minimum absolute atomic E-state index is 0.118. The lowest BCUT2D eigenvalue weighted by Crippen LogP contribution is -2.38. The summed E-state index contributed by atoms with van der Waals surface area (Å²) >= 11 is 0. The third kappa shape index (κ3) is 5.19. The van der Waals surface area contributed by atoms with Gasteiger partial charge in [0, 0.05) is 5.92 Å².